The summed E-state index contributed by atoms with van der Waals surface area (Å²) in [6.45, 7) is 4.01. The maximum absolute atomic E-state index is 12.3. The van der Waals surface area contributed by atoms with Crippen molar-refractivity contribution in [3.05, 3.63) is 33.5 Å². The highest BCUT2D eigenvalue weighted by atomic mass is 79.9. The molecule has 23 heavy (non-hydrogen) atoms. The molecule has 6 nitrogen and oxygen atoms in total. The molecule has 1 N–H and O–H groups in total. The molecule has 0 atom stereocenters. The molecule has 1 amide bonds. The molecule has 0 aliphatic carbocycles. The Morgan fingerprint density at radius 2 is 2.22 bits per heavy atom. The van der Waals surface area contributed by atoms with Crippen molar-refractivity contribution >= 4 is 44.5 Å². The van der Waals surface area contributed by atoms with E-state index < -0.39 is 0 Å². The number of carbonyl (C=O) groups is 1. The van der Waals surface area contributed by atoms with Crippen molar-refractivity contribution in [2.45, 2.75) is 6.42 Å². The Bertz CT molecular complexity index is 692. The van der Waals surface area contributed by atoms with Crippen LogP contribution >= 0.6 is 27.3 Å². The number of nitrogens with zero attached hydrogens (tertiary/aromatic N) is 4. The highest BCUT2D eigenvalue weighted by molar-refractivity contribution is 9.10. The van der Waals surface area contributed by atoms with Crippen LogP contribution in [0.1, 0.15) is 16.2 Å². The third-order valence-corrected chi connectivity index (χ3v) is 5.33. The van der Waals surface area contributed by atoms with E-state index in [-0.39, 0.29) is 5.91 Å². The number of rotatable bonds is 3. The van der Waals surface area contributed by atoms with Gasteiger partial charge in [-0.05, 0) is 42.0 Å². The number of thiazole rings is 1. The van der Waals surface area contributed by atoms with Gasteiger partial charge in [-0.1, -0.05) is 0 Å². The standard InChI is InChI=1S/C15H18BrN5OS/c1-20-5-2-6-21(8-7-20)12-3-4-17-9-11(12)18-14(22)15-19-13(16)10-23-15/h3-4,9-10H,2,5-8H2,1H3,(H,18,22). The first-order chi connectivity index (χ1) is 11.1. The average Bonchev–Trinajstić information content (AvgIpc) is 2.86. The molecular formula is C15H18BrN5OS. The number of halogens is 1. The van der Waals surface area contributed by atoms with E-state index in [9.17, 15) is 4.79 Å². The Morgan fingerprint density at radius 3 is 3.00 bits per heavy atom. The summed E-state index contributed by atoms with van der Waals surface area (Å²) < 4.78 is 0.676. The second-order valence-electron chi connectivity index (χ2n) is 5.47. The summed E-state index contributed by atoms with van der Waals surface area (Å²) in [5, 5.41) is 5.17. The number of anilines is 2. The lowest BCUT2D eigenvalue weighted by Crippen LogP contribution is -2.29. The molecule has 122 valence electrons. The number of nitrogens with one attached hydrogen (secondary N) is 1. The van der Waals surface area contributed by atoms with Crippen LogP contribution in [0.4, 0.5) is 11.4 Å². The fraction of sp³-hybridized carbons (Fsp3) is 0.400. The molecule has 0 radical (unpaired) electrons. The monoisotopic (exact) mass is 395 g/mol. The molecule has 0 saturated carbocycles. The molecule has 2 aromatic heterocycles. The minimum atomic E-state index is -0.207. The average molecular weight is 396 g/mol. The second kappa shape index (κ2) is 7.37. The van der Waals surface area contributed by atoms with Crippen LogP contribution in [-0.4, -0.2) is 54.0 Å². The second-order valence-corrected chi connectivity index (χ2v) is 7.14. The molecule has 2 aromatic rings. The van der Waals surface area contributed by atoms with Gasteiger partial charge in [-0.2, -0.15) is 0 Å². The summed E-state index contributed by atoms with van der Waals surface area (Å²) in [6.07, 6.45) is 4.57. The van der Waals surface area contributed by atoms with Crippen LogP contribution in [0.5, 0.6) is 0 Å². The molecule has 1 fully saturated rings. The van der Waals surface area contributed by atoms with E-state index in [1.165, 1.54) is 11.3 Å². The molecule has 0 spiro atoms. The fourth-order valence-electron chi connectivity index (χ4n) is 2.58. The Hall–Kier alpha value is -1.51. The summed E-state index contributed by atoms with van der Waals surface area (Å²) in [6, 6.07) is 1.96. The van der Waals surface area contributed by atoms with Gasteiger partial charge < -0.3 is 15.1 Å². The summed E-state index contributed by atoms with van der Waals surface area (Å²) in [7, 11) is 2.14. The first-order valence-corrected chi connectivity index (χ1v) is 9.10. The molecule has 1 saturated heterocycles. The maximum Gasteiger partial charge on any atom is 0.284 e. The summed E-state index contributed by atoms with van der Waals surface area (Å²) in [4.78, 5) is 25.3. The van der Waals surface area contributed by atoms with Gasteiger partial charge in [-0.15, -0.1) is 11.3 Å². The van der Waals surface area contributed by atoms with Crippen molar-refractivity contribution in [1.29, 1.82) is 0 Å². The van der Waals surface area contributed by atoms with E-state index in [1.807, 2.05) is 6.07 Å². The smallest absolute Gasteiger partial charge is 0.284 e. The van der Waals surface area contributed by atoms with Crippen LogP contribution in [0.3, 0.4) is 0 Å². The van der Waals surface area contributed by atoms with Gasteiger partial charge in [0.05, 0.1) is 17.6 Å². The van der Waals surface area contributed by atoms with Gasteiger partial charge >= 0.3 is 0 Å². The van der Waals surface area contributed by atoms with Crippen molar-refractivity contribution < 1.29 is 4.79 Å². The van der Waals surface area contributed by atoms with Gasteiger partial charge in [0.2, 0.25) is 0 Å². The molecular weight excluding hydrogens is 378 g/mol. The van der Waals surface area contributed by atoms with Crippen LogP contribution < -0.4 is 10.2 Å². The van der Waals surface area contributed by atoms with E-state index >= 15 is 0 Å². The zero-order chi connectivity index (χ0) is 16.2. The molecule has 0 aromatic carbocycles. The number of carbonyl (C=O) groups excluding carboxylic acids is 1. The Labute approximate surface area is 147 Å². The minimum Gasteiger partial charge on any atom is -0.368 e. The van der Waals surface area contributed by atoms with Crippen LogP contribution in [0.15, 0.2) is 28.4 Å². The highest BCUT2D eigenvalue weighted by Crippen LogP contribution is 2.26. The predicted octanol–water partition coefficient (Wildman–Crippen LogP) is 2.69. The van der Waals surface area contributed by atoms with Crippen molar-refractivity contribution in [2.24, 2.45) is 0 Å². The normalized spacial score (nSPS) is 16.2. The van der Waals surface area contributed by atoms with Crippen molar-refractivity contribution in [1.82, 2.24) is 14.9 Å². The molecule has 1 aliphatic heterocycles. The summed E-state index contributed by atoms with van der Waals surface area (Å²) >= 11 is 4.58. The number of likely N-dealkylation sites (N-methyl/N-ethyl adjacent to an activating group) is 1. The number of hydrogen-bond donors (Lipinski definition) is 1. The number of aromatic nitrogens is 2. The number of amides is 1. The highest BCUT2D eigenvalue weighted by Gasteiger charge is 2.18. The SMILES string of the molecule is CN1CCCN(c2ccncc2NC(=O)c2nc(Br)cs2)CC1. The first kappa shape index (κ1) is 16.4. The molecule has 0 unspecified atom stereocenters. The van der Waals surface area contributed by atoms with Gasteiger partial charge in [0.1, 0.15) is 4.60 Å². The Morgan fingerprint density at radius 1 is 1.35 bits per heavy atom. The predicted molar refractivity (Wildman–Crippen MR) is 96.3 cm³/mol. The fourth-order valence-corrected chi connectivity index (χ4v) is 3.73. The quantitative estimate of drug-likeness (QED) is 0.865. The number of hydrogen-bond acceptors (Lipinski definition) is 6. The molecule has 3 heterocycles. The first-order valence-electron chi connectivity index (χ1n) is 7.43. The van der Waals surface area contributed by atoms with E-state index in [2.05, 4.69) is 48.1 Å². The van der Waals surface area contributed by atoms with E-state index in [0.717, 1.165) is 44.0 Å². The van der Waals surface area contributed by atoms with Crippen LogP contribution in [0, 0.1) is 0 Å². The van der Waals surface area contributed by atoms with Crippen LogP contribution in [0.25, 0.3) is 0 Å². The topological polar surface area (TPSA) is 61.4 Å². The van der Waals surface area contributed by atoms with Crippen molar-refractivity contribution in [3.63, 3.8) is 0 Å². The lowest BCUT2D eigenvalue weighted by atomic mass is 10.2. The van der Waals surface area contributed by atoms with Crippen LogP contribution in [-0.2, 0) is 0 Å². The minimum absolute atomic E-state index is 0.207. The van der Waals surface area contributed by atoms with E-state index in [0.29, 0.717) is 9.61 Å². The Balaban J connectivity index is 1.79. The van der Waals surface area contributed by atoms with Gasteiger partial charge in [-0.25, -0.2) is 4.98 Å². The zero-order valence-corrected chi connectivity index (χ0v) is 15.2. The van der Waals surface area contributed by atoms with Gasteiger partial charge in [0.15, 0.2) is 5.01 Å². The van der Waals surface area contributed by atoms with Crippen molar-refractivity contribution in [3.8, 4) is 0 Å². The zero-order valence-electron chi connectivity index (χ0n) is 12.8. The van der Waals surface area contributed by atoms with Gasteiger partial charge in [-0.3, -0.25) is 9.78 Å². The molecule has 3 rings (SSSR count). The third-order valence-electron chi connectivity index (χ3n) is 3.78. The van der Waals surface area contributed by atoms with E-state index in [1.54, 1.807) is 17.8 Å². The van der Waals surface area contributed by atoms with Crippen LogP contribution in [0.2, 0.25) is 0 Å². The van der Waals surface area contributed by atoms with Gasteiger partial charge in [0.25, 0.3) is 5.91 Å². The molecule has 1 aliphatic rings. The maximum atomic E-state index is 12.3. The van der Waals surface area contributed by atoms with E-state index in [4.69, 9.17) is 0 Å². The van der Waals surface area contributed by atoms with Gasteiger partial charge in [0, 0.05) is 31.2 Å². The third kappa shape index (κ3) is 4.07. The largest absolute Gasteiger partial charge is 0.368 e. The summed E-state index contributed by atoms with van der Waals surface area (Å²) in [5.41, 5.74) is 1.74. The molecule has 0 bridgehead atoms. The van der Waals surface area contributed by atoms with Crippen molar-refractivity contribution in [2.75, 3.05) is 43.4 Å². The Kier molecular flexibility index (Phi) is 5.24. The number of pyridine rings is 1. The lowest BCUT2D eigenvalue weighted by Gasteiger charge is -2.25. The summed E-state index contributed by atoms with van der Waals surface area (Å²) in [5.74, 6) is -0.207. The lowest BCUT2D eigenvalue weighted by molar-refractivity contribution is 0.102. The molecule has 8 heteroatoms.